The highest BCUT2D eigenvalue weighted by molar-refractivity contribution is 6.31. The molecule has 174 valence electrons. The number of nitrogens with one attached hydrogen (secondary N) is 1. The second-order valence-electron chi connectivity index (χ2n) is 8.58. The van der Waals surface area contributed by atoms with Gasteiger partial charge in [0.1, 0.15) is 5.82 Å². The number of hydrogen-bond acceptors (Lipinski definition) is 2. The predicted octanol–water partition coefficient (Wildman–Crippen LogP) is 6.86. The van der Waals surface area contributed by atoms with Crippen LogP contribution in [0.25, 0.3) is 10.9 Å². The van der Waals surface area contributed by atoms with Gasteiger partial charge in [-0.05, 0) is 69.2 Å². The monoisotopic (exact) mass is 457 g/mol. The Bertz CT molecular complexity index is 940. The van der Waals surface area contributed by atoms with Crippen LogP contribution in [0.15, 0.2) is 48.7 Å². The van der Waals surface area contributed by atoms with Crippen molar-refractivity contribution in [2.75, 3.05) is 26.2 Å². The molecule has 3 rings (SSSR count). The van der Waals surface area contributed by atoms with Crippen LogP contribution in [-0.4, -0.2) is 35.6 Å². The minimum absolute atomic E-state index is 0.259. The fourth-order valence-corrected chi connectivity index (χ4v) is 4.42. The van der Waals surface area contributed by atoms with E-state index in [1.54, 1.807) is 12.1 Å². The average Bonchev–Trinajstić information content (AvgIpc) is 3.15. The van der Waals surface area contributed by atoms with Gasteiger partial charge in [-0.2, -0.15) is 0 Å². The van der Waals surface area contributed by atoms with Gasteiger partial charge in [-0.25, -0.2) is 4.39 Å². The second-order valence-corrected chi connectivity index (χ2v) is 8.99. The molecule has 1 heterocycles. The van der Waals surface area contributed by atoms with E-state index in [0.29, 0.717) is 17.1 Å². The van der Waals surface area contributed by atoms with Crippen molar-refractivity contribution < 1.29 is 4.39 Å². The molecule has 0 radical (unpaired) electrons. The molecule has 32 heavy (non-hydrogen) atoms. The Hall–Kier alpha value is -1.88. The van der Waals surface area contributed by atoms with Crippen LogP contribution < -0.4 is 5.32 Å². The fourth-order valence-electron chi connectivity index (χ4n) is 4.20. The molecule has 0 bridgehead atoms. The summed E-state index contributed by atoms with van der Waals surface area (Å²) in [6.45, 7) is 10.3. The van der Waals surface area contributed by atoms with Crippen molar-refractivity contribution in [2.45, 2.75) is 59.0 Å². The molecule has 0 aliphatic rings. The van der Waals surface area contributed by atoms with E-state index in [9.17, 15) is 4.39 Å². The lowest BCUT2D eigenvalue weighted by Gasteiger charge is -2.21. The van der Waals surface area contributed by atoms with E-state index in [-0.39, 0.29) is 5.82 Å². The number of benzene rings is 2. The van der Waals surface area contributed by atoms with Gasteiger partial charge in [-0.15, -0.1) is 0 Å². The zero-order chi connectivity index (χ0) is 22.8. The molecule has 0 fully saturated rings. The highest BCUT2D eigenvalue weighted by Crippen LogP contribution is 2.26. The maximum Gasteiger partial charge on any atom is 0.129 e. The summed E-state index contributed by atoms with van der Waals surface area (Å²) >= 11 is 6.27. The molecule has 3 aromatic rings. The molecular weight excluding hydrogens is 421 g/mol. The molecule has 0 saturated carbocycles. The number of nitrogens with zero attached hydrogens (tertiary/aromatic N) is 2. The lowest BCUT2D eigenvalue weighted by atomic mass is 10.1. The molecule has 0 atom stereocenters. The number of halogens is 2. The van der Waals surface area contributed by atoms with Crippen LogP contribution in [0.4, 0.5) is 4.39 Å². The maximum absolute atomic E-state index is 14.3. The summed E-state index contributed by atoms with van der Waals surface area (Å²) in [5.74, 6) is -0.259. The Kier molecular flexibility index (Phi) is 10.0. The van der Waals surface area contributed by atoms with Gasteiger partial charge in [0, 0.05) is 34.2 Å². The van der Waals surface area contributed by atoms with Crippen molar-refractivity contribution in [1.82, 2.24) is 14.8 Å². The first-order valence-electron chi connectivity index (χ1n) is 12.1. The zero-order valence-corrected chi connectivity index (χ0v) is 20.3. The van der Waals surface area contributed by atoms with Crippen LogP contribution in [0.5, 0.6) is 0 Å². The van der Waals surface area contributed by atoms with Crippen LogP contribution in [0, 0.1) is 5.82 Å². The molecule has 3 nitrogen and oxygen atoms in total. The standard InChI is InChI=1S/C27H37ClFN3/c1-3-5-16-31(17-6-4-2)18-10-15-30-19-22-20-32(27-14-8-7-11-23(22)27)21-24-25(28)12-9-13-26(24)29/h7-9,11-14,20,30H,3-6,10,15-19,21H2,1-2H3. The molecule has 0 aliphatic heterocycles. The molecule has 1 N–H and O–H groups in total. The van der Waals surface area contributed by atoms with E-state index in [1.807, 2.05) is 6.07 Å². The van der Waals surface area contributed by atoms with E-state index in [0.717, 1.165) is 31.6 Å². The van der Waals surface area contributed by atoms with Gasteiger partial charge in [0.25, 0.3) is 0 Å². The van der Waals surface area contributed by atoms with Crippen molar-refractivity contribution in [1.29, 1.82) is 0 Å². The average molecular weight is 458 g/mol. The summed E-state index contributed by atoms with van der Waals surface area (Å²) < 4.78 is 16.4. The summed E-state index contributed by atoms with van der Waals surface area (Å²) in [6, 6.07) is 13.2. The van der Waals surface area contributed by atoms with Crippen LogP contribution in [0.3, 0.4) is 0 Å². The van der Waals surface area contributed by atoms with Crippen LogP contribution in [0.2, 0.25) is 5.02 Å². The summed E-state index contributed by atoms with van der Waals surface area (Å²) in [5, 5.41) is 5.30. The van der Waals surface area contributed by atoms with E-state index in [2.05, 4.69) is 53.0 Å². The van der Waals surface area contributed by atoms with Gasteiger partial charge in [-0.1, -0.05) is 62.6 Å². The molecule has 2 aromatic carbocycles. The topological polar surface area (TPSA) is 20.2 Å². The first kappa shape index (κ1) is 24.8. The van der Waals surface area contributed by atoms with Gasteiger partial charge in [-0.3, -0.25) is 0 Å². The van der Waals surface area contributed by atoms with E-state index in [1.165, 1.54) is 55.8 Å². The highest BCUT2D eigenvalue weighted by atomic mass is 35.5. The second kappa shape index (κ2) is 13.0. The van der Waals surface area contributed by atoms with E-state index >= 15 is 0 Å². The third-order valence-corrected chi connectivity index (χ3v) is 6.41. The van der Waals surface area contributed by atoms with E-state index in [4.69, 9.17) is 11.6 Å². The van der Waals surface area contributed by atoms with Crippen LogP contribution in [0.1, 0.15) is 57.1 Å². The van der Waals surface area contributed by atoms with Crippen LogP contribution in [-0.2, 0) is 13.1 Å². The molecule has 0 aliphatic carbocycles. The number of para-hydroxylation sites is 1. The molecule has 0 amide bonds. The molecule has 0 spiro atoms. The summed E-state index contributed by atoms with van der Waals surface area (Å²) in [5.41, 5.74) is 2.88. The number of aromatic nitrogens is 1. The zero-order valence-electron chi connectivity index (χ0n) is 19.5. The first-order valence-corrected chi connectivity index (χ1v) is 12.4. The normalized spacial score (nSPS) is 11.7. The first-order chi connectivity index (χ1) is 15.6. The number of rotatable bonds is 14. The Labute approximate surface area is 197 Å². The van der Waals surface area contributed by atoms with Crippen molar-refractivity contribution >= 4 is 22.5 Å². The highest BCUT2D eigenvalue weighted by Gasteiger charge is 2.12. The van der Waals surface area contributed by atoms with Gasteiger partial charge in [0.05, 0.1) is 6.54 Å². The van der Waals surface area contributed by atoms with Gasteiger partial charge >= 0.3 is 0 Å². The van der Waals surface area contributed by atoms with Crippen molar-refractivity contribution in [3.63, 3.8) is 0 Å². The van der Waals surface area contributed by atoms with Gasteiger partial charge in [0.2, 0.25) is 0 Å². The summed E-state index contributed by atoms with van der Waals surface area (Å²) in [6.07, 6.45) is 8.35. The maximum atomic E-state index is 14.3. The Morgan fingerprint density at radius 2 is 1.66 bits per heavy atom. The number of hydrogen-bond donors (Lipinski definition) is 1. The minimum atomic E-state index is -0.259. The van der Waals surface area contributed by atoms with Crippen molar-refractivity contribution in [2.24, 2.45) is 0 Å². The Balaban J connectivity index is 1.59. The quantitative estimate of drug-likeness (QED) is 0.267. The number of unbranched alkanes of at least 4 members (excludes halogenated alkanes) is 2. The third kappa shape index (κ3) is 6.81. The lowest BCUT2D eigenvalue weighted by Crippen LogP contribution is -2.29. The van der Waals surface area contributed by atoms with Gasteiger partial charge < -0.3 is 14.8 Å². The molecular formula is C27H37ClFN3. The molecule has 0 saturated heterocycles. The third-order valence-electron chi connectivity index (χ3n) is 6.06. The summed E-state index contributed by atoms with van der Waals surface area (Å²) in [4.78, 5) is 2.61. The fraction of sp³-hybridized carbons (Fsp3) is 0.481. The largest absolute Gasteiger partial charge is 0.343 e. The molecule has 5 heteroatoms. The lowest BCUT2D eigenvalue weighted by molar-refractivity contribution is 0.261. The Morgan fingerprint density at radius 1 is 0.938 bits per heavy atom. The van der Waals surface area contributed by atoms with E-state index < -0.39 is 0 Å². The molecule has 0 unspecified atom stereocenters. The van der Waals surface area contributed by atoms with Crippen molar-refractivity contribution in [3.05, 3.63) is 70.6 Å². The predicted molar refractivity (Wildman–Crippen MR) is 135 cm³/mol. The Morgan fingerprint density at radius 3 is 2.38 bits per heavy atom. The van der Waals surface area contributed by atoms with Crippen molar-refractivity contribution in [3.8, 4) is 0 Å². The summed E-state index contributed by atoms with van der Waals surface area (Å²) in [7, 11) is 0. The van der Waals surface area contributed by atoms with Crippen LogP contribution >= 0.6 is 11.6 Å². The molecule has 1 aromatic heterocycles. The minimum Gasteiger partial charge on any atom is -0.343 e. The SMILES string of the molecule is CCCCN(CCCC)CCCNCc1cn(Cc2c(F)cccc2Cl)c2ccccc12. The van der Waals surface area contributed by atoms with Gasteiger partial charge in [0.15, 0.2) is 0 Å². The smallest absolute Gasteiger partial charge is 0.129 e. The number of fused-ring (bicyclic) bond motifs is 1.